The Bertz CT molecular complexity index is 636. The summed E-state index contributed by atoms with van der Waals surface area (Å²) in [5.41, 5.74) is 4.10. The number of amides is 1. The molecule has 1 aliphatic heterocycles. The highest BCUT2D eigenvalue weighted by Gasteiger charge is 2.24. The van der Waals surface area contributed by atoms with E-state index < -0.39 is 0 Å². The van der Waals surface area contributed by atoms with E-state index in [2.05, 4.69) is 21.8 Å². The average Bonchev–Trinajstić information content (AvgIpc) is 3.10. The lowest BCUT2D eigenvalue weighted by molar-refractivity contribution is 0.0952. The zero-order valence-corrected chi connectivity index (χ0v) is 12.9. The van der Waals surface area contributed by atoms with E-state index in [4.69, 9.17) is 0 Å². The standard InChI is InChI=1S/C16H19N3OS/c1-2-3-7-18-16(20)13-8-14(12-5-4-6-17-9-12)19-11-21-10-15(13)19/h4-6,8-9H,2-3,7,10-11H2,1H3,(H,18,20). The molecular formula is C16H19N3OS. The molecule has 4 nitrogen and oxygen atoms in total. The summed E-state index contributed by atoms with van der Waals surface area (Å²) in [4.78, 5) is 16.6. The van der Waals surface area contributed by atoms with Crippen molar-refractivity contribution < 1.29 is 4.79 Å². The molecule has 110 valence electrons. The van der Waals surface area contributed by atoms with Crippen LogP contribution in [0.25, 0.3) is 11.3 Å². The van der Waals surface area contributed by atoms with Gasteiger partial charge in [-0.2, -0.15) is 0 Å². The number of rotatable bonds is 5. The summed E-state index contributed by atoms with van der Waals surface area (Å²) in [6.07, 6.45) is 5.73. The first-order chi connectivity index (χ1) is 10.3. The molecule has 0 saturated carbocycles. The van der Waals surface area contributed by atoms with Gasteiger partial charge < -0.3 is 9.88 Å². The quantitative estimate of drug-likeness (QED) is 0.862. The number of hydrogen-bond acceptors (Lipinski definition) is 3. The highest BCUT2D eigenvalue weighted by atomic mass is 32.2. The van der Waals surface area contributed by atoms with Crippen molar-refractivity contribution in [2.24, 2.45) is 0 Å². The number of carbonyl (C=O) groups excluding carboxylic acids is 1. The van der Waals surface area contributed by atoms with E-state index in [1.165, 1.54) is 0 Å². The summed E-state index contributed by atoms with van der Waals surface area (Å²) in [6, 6.07) is 5.98. The fourth-order valence-electron chi connectivity index (χ4n) is 2.55. The Kier molecular flexibility index (Phi) is 4.29. The summed E-state index contributed by atoms with van der Waals surface area (Å²) in [6.45, 7) is 2.87. The normalized spacial score (nSPS) is 13.2. The van der Waals surface area contributed by atoms with Crippen LogP contribution in [0.1, 0.15) is 35.8 Å². The summed E-state index contributed by atoms with van der Waals surface area (Å²) in [5.74, 6) is 1.85. The van der Waals surface area contributed by atoms with Crippen LogP contribution in [0.15, 0.2) is 30.6 Å². The van der Waals surface area contributed by atoms with Crippen LogP contribution in [0.2, 0.25) is 0 Å². The molecule has 0 aliphatic carbocycles. The minimum Gasteiger partial charge on any atom is -0.352 e. The summed E-state index contributed by atoms with van der Waals surface area (Å²) >= 11 is 1.84. The van der Waals surface area contributed by atoms with Crippen LogP contribution in [0.4, 0.5) is 0 Å². The molecule has 0 aromatic carbocycles. The molecule has 0 spiro atoms. The molecule has 3 rings (SSSR count). The van der Waals surface area contributed by atoms with Gasteiger partial charge in [0.1, 0.15) is 0 Å². The molecular weight excluding hydrogens is 282 g/mol. The second-order valence-electron chi connectivity index (χ2n) is 5.15. The number of nitrogens with one attached hydrogen (secondary N) is 1. The van der Waals surface area contributed by atoms with Crippen LogP contribution >= 0.6 is 11.8 Å². The molecule has 21 heavy (non-hydrogen) atoms. The highest BCUT2D eigenvalue weighted by Crippen LogP contribution is 2.34. The third-order valence-electron chi connectivity index (χ3n) is 3.69. The molecule has 1 aliphatic rings. The van der Waals surface area contributed by atoms with Crippen LogP contribution in [0.5, 0.6) is 0 Å². The van der Waals surface area contributed by atoms with Crippen molar-refractivity contribution in [1.29, 1.82) is 0 Å². The molecule has 0 saturated heterocycles. The van der Waals surface area contributed by atoms with Gasteiger partial charge >= 0.3 is 0 Å². The number of thioether (sulfide) groups is 1. The van der Waals surface area contributed by atoms with Gasteiger partial charge in [-0.05, 0) is 24.6 Å². The Morgan fingerprint density at radius 1 is 1.52 bits per heavy atom. The van der Waals surface area contributed by atoms with Crippen molar-refractivity contribution in [3.63, 3.8) is 0 Å². The Hall–Kier alpha value is -1.75. The molecule has 0 atom stereocenters. The summed E-state index contributed by atoms with van der Waals surface area (Å²) in [5, 5.41) is 3.02. The van der Waals surface area contributed by atoms with E-state index in [1.807, 2.05) is 36.2 Å². The lowest BCUT2D eigenvalue weighted by Crippen LogP contribution is -2.24. The lowest BCUT2D eigenvalue weighted by atomic mass is 10.2. The number of unbranched alkanes of at least 4 members (excludes halogenated alkanes) is 1. The topological polar surface area (TPSA) is 46.9 Å². The number of nitrogens with zero attached hydrogens (tertiary/aromatic N) is 2. The first kappa shape index (κ1) is 14.2. The summed E-state index contributed by atoms with van der Waals surface area (Å²) in [7, 11) is 0. The Morgan fingerprint density at radius 3 is 3.19 bits per heavy atom. The van der Waals surface area contributed by atoms with Crippen molar-refractivity contribution in [3.05, 3.63) is 41.9 Å². The summed E-state index contributed by atoms with van der Waals surface area (Å²) < 4.78 is 2.23. The van der Waals surface area contributed by atoms with Crippen molar-refractivity contribution >= 4 is 17.7 Å². The Balaban J connectivity index is 1.91. The van der Waals surface area contributed by atoms with E-state index in [0.29, 0.717) is 0 Å². The van der Waals surface area contributed by atoms with Crippen LogP contribution in [0.3, 0.4) is 0 Å². The Labute approximate surface area is 129 Å². The fourth-order valence-corrected chi connectivity index (χ4v) is 3.62. The van der Waals surface area contributed by atoms with E-state index >= 15 is 0 Å². The second kappa shape index (κ2) is 6.35. The Morgan fingerprint density at radius 2 is 2.43 bits per heavy atom. The molecule has 5 heteroatoms. The van der Waals surface area contributed by atoms with E-state index in [0.717, 1.165) is 53.5 Å². The fraction of sp³-hybridized carbons (Fsp3) is 0.375. The molecule has 0 bridgehead atoms. The van der Waals surface area contributed by atoms with E-state index in [1.54, 1.807) is 6.20 Å². The molecule has 1 amide bonds. The number of carbonyl (C=O) groups is 1. The number of aromatic nitrogens is 2. The van der Waals surface area contributed by atoms with Gasteiger partial charge in [0.25, 0.3) is 5.91 Å². The highest BCUT2D eigenvalue weighted by molar-refractivity contribution is 7.97. The molecule has 0 radical (unpaired) electrons. The second-order valence-corrected chi connectivity index (χ2v) is 6.10. The minimum absolute atomic E-state index is 0.0461. The van der Waals surface area contributed by atoms with Crippen LogP contribution in [-0.4, -0.2) is 22.0 Å². The lowest BCUT2D eigenvalue weighted by Gasteiger charge is -2.04. The zero-order chi connectivity index (χ0) is 14.7. The largest absolute Gasteiger partial charge is 0.352 e. The molecule has 1 N–H and O–H groups in total. The predicted molar refractivity (Wildman–Crippen MR) is 86.2 cm³/mol. The van der Waals surface area contributed by atoms with Crippen LogP contribution in [0, 0.1) is 0 Å². The van der Waals surface area contributed by atoms with Gasteiger partial charge in [0.05, 0.1) is 17.1 Å². The molecule has 3 heterocycles. The van der Waals surface area contributed by atoms with E-state index in [9.17, 15) is 4.79 Å². The maximum Gasteiger partial charge on any atom is 0.253 e. The van der Waals surface area contributed by atoms with Crippen molar-refractivity contribution in [3.8, 4) is 11.3 Å². The zero-order valence-electron chi connectivity index (χ0n) is 12.1. The van der Waals surface area contributed by atoms with Gasteiger partial charge in [0.2, 0.25) is 0 Å². The third kappa shape index (κ3) is 2.83. The molecule has 2 aromatic rings. The van der Waals surface area contributed by atoms with Crippen molar-refractivity contribution in [2.45, 2.75) is 31.4 Å². The van der Waals surface area contributed by atoms with Gasteiger partial charge in [0.15, 0.2) is 0 Å². The minimum atomic E-state index is 0.0461. The number of fused-ring (bicyclic) bond motifs is 1. The van der Waals surface area contributed by atoms with Crippen molar-refractivity contribution in [2.75, 3.05) is 6.54 Å². The van der Waals surface area contributed by atoms with Gasteiger partial charge in [-0.1, -0.05) is 13.3 Å². The molecule has 0 fully saturated rings. The average molecular weight is 301 g/mol. The maximum absolute atomic E-state index is 12.4. The maximum atomic E-state index is 12.4. The van der Waals surface area contributed by atoms with Gasteiger partial charge in [-0.15, -0.1) is 11.8 Å². The van der Waals surface area contributed by atoms with E-state index in [-0.39, 0.29) is 5.91 Å². The SMILES string of the molecule is CCCCNC(=O)c1cc(-c2cccnc2)n2c1CSC2. The monoisotopic (exact) mass is 301 g/mol. The molecule has 2 aromatic heterocycles. The van der Waals surface area contributed by atoms with Crippen LogP contribution in [-0.2, 0) is 11.6 Å². The van der Waals surface area contributed by atoms with Gasteiger partial charge in [-0.25, -0.2) is 0 Å². The predicted octanol–water partition coefficient (Wildman–Crippen LogP) is 3.28. The number of pyridine rings is 1. The van der Waals surface area contributed by atoms with Crippen LogP contribution < -0.4 is 5.32 Å². The van der Waals surface area contributed by atoms with Crippen molar-refractivity contribution in [1.82, 2.24) is 14.9 Å². The third-order valence-corrected chi connectivity index (χ3v) is 4.60. The smallest absolute Gasteiger partial charge is 0.253 e. The first-order valence-electron chi connectivity index (χ1n) is 7.30. The molecule has 0 unspecified atom stereocenters. The first-order valence-corrected chi connectivity index (χ1v) is 8.45. The number of hydrogen-bond donors (Lipinski definition) is 1. The van der Waals surface area contributed by atoms with Gasteiger partial charge in [0, 0.05) is 35.9 Å². The van der Waals surface area contributed by atoms with Gasteiger partial charge in [-0.3, -0.25) is 9.78 Å².